The van der Waals surface area contributed by atoms with Gasteiger partial charge in [-0.2, -0.15) is 0 Å². The van der Waals surface area contributed by atoms with E-state index in [0.717, 1.165) is 34.6 Å². The third-order valence-electron chi connectivity index (χ3n) is 8.13. The minimum Gasteiger partial charge on any atom is -0.489 e. The van der Waals surface area contributed by atoms with E-state index in [2.05, 4.69) is 48.5 Å². The van der Waals surface area contributed by atoms with Crippen molar-refractivity contribution in [2.75, 3.05) is 5.73 Å². The molecule has 0 radical (unpaired) electrons. The van der Waals surface area contributed by atoms with Crippen LogP contribution in [0.1, 0.15) is 49.7 Å². The standard InChI is InChI=1S/C29H30ClNO/c30-27-14-24(31)7-8-25(27)23-6-9-28(32-18-19-4-2-1-3-5-19)26(13-23)29-15-20-10-21(16-29)12-22(11-20)17-29/h1-9,13-14,20-22H,10-12,15-18,31H2. The smallest absolute Gasteiger partial charge is 0.123 e. The summed E-state index contributed by atoms with van der Waals surface area (Å²) in [4.78, 5) is 0. The fourth-order valence-electron chi connectivity index (χ4n) is 7.18. The first-order valence-corrected chi connectivity index (χ1v) is 12.3. The van der Waals surface area contributed by atoms with E-state index < -0.39 is 0 Å². The van der Waals surface area contributed by atoms with Crippen LogP contribution in [0.4, 0.5) is 5.69 Å². The van der Waals surface area contributed by atoms with E-state index in [4.69, 9.17) is 22.1 Å². The molecule has 4 aliphatic rings. The van der Waals surface area contributed by atoms with Crippen LogP contribution in [0, 0.1) is 17.8 Å². The summed E-state index contributed by atoms with van der Waals surface area (Å²) in [6, 6.07) is 23.0. The van der Waals surface area contributed by atoms with Gasteiger partial charge >= 0.3 is 0 Å². The maximum Gasteiger partial charge on any atom is 0.123 e. The van der Waals surface area contributed by atoms with Gasteiger partial charge in [-0.15, -0.1) is 0 Å². The molecule has 7 rings (SSSR count). The van der Waals surface area contributed by atoms with Gasteiger partial charge in [-0.25, -0.2) is 0 Å². The molecule has 0 spiro atoms. The van der Waals surface area contributed by atoms with E-state index in [9.17, 15) is 0 Å². The first-order valence-electron chi connectivity index (χ1n) is 11.9. The van der Waals surface area contributed by atoms with Crippen molar-refractivity contribution < 1.29 is 4.74 Å². The largest absolute Gasteiger partial charge is 0.489 e. The summed E-state index contributed by atoms with van der Waals surface area (Å²) < 4.78 is 6.50. The lowest BCUT2D eigenvalue weighted by Crippen LogP contribution is -2.48. The van der Waals surface area contributed by atoms with Crippen molar-refractivity contribution in [2.45, 2.75) is 50.5 Å². The van der Waals surface area contributed by atoms with Gasteiger partial charge in [0.2, 0.25) is 0 Å². The number of anilines is 1. The molecule has 4 bridgehead atoms. The Morgan fingerprint density at radius 1 is 0.844 bits per heavy atom. The summed E-state index contributed by atoms with van der Waals surface area (Å²) in [6.45, 7) is 0.599. The van der Waals surface area contributed by atoms with Gasteiger partial charge in [0.25, 0.3) is 0 Å². The lowest BCUT2D eigenvalue weighted by Gasteiger charge is -2.57. The minimum atomic E-state index is 0.247. The van der Waals surface area contributed by atoms with Gasteiger partial charge in [0.15, 0.2) is 0 Å². The van der Waals surface area contributed by atoms with Crippen molar-refractivity contribution in [1.29, 1.82) is 0 Å². The predicted octanol–water partition coefficient (Wildman–Crippen LogP) is 7.64. The van der Waals surface area contributed by atoms with E-state index in [1.54, 1.807) is 0 Å². The molecule has 4 saturated carbocycles. The zero-order valence-corrected chi connectivity index (χ0v) is 19.2. The van der Waals surface area contributed by atoms with Crippen LogP contribution >= 0.6 is 11.6 Å². The van der Waals surface area contributed by atoms with Crippen molar-refractivity contribution in [1.82, 2.24) is 0 Å². The van der Waals surface area contributed by atoms with Crippen LogP contribution in [0.5, 0.6) is 5.75 Å². The maximum absolute atomic E-state index is 6.61. The Hall–Kier alpha value is -2.45. The molecule has 0 atom stereocenters. The third-order valence-corrected chi connectivity index (χ3v) is 8.44. The number of rotatable bonds is 5. The summed E-state index contributed by atoms with van der Waals surface area (Å²) in [5, 5.41) is 0.708. The highest BCUT2D eigenvalue weighted by Gasteiger charge is 2.52. The molecule has 0 aliphatic heterocycles. The number of ether oxygens (including phenoxy) is 1. The molecule has 4 aliphatic carbocycles. The van der Waals surface area contributed by atoms with E-state index in [-0.39, 0.29) is 5.41 Å². The Balaban J connectivity index is 1.42. The summed E-state index contributed by atoms with van der Waals surface area (Å²) in [5.41, 5.74) is 11.7. The Labute approximate surface area is 195 Å². The average Bonchev–Trinajstić information content (AvgIpc) is 2.78. The normalized spacial score (nSPS) is 28.1. The summed E-state index contributed by atoms with van der Waals surface area (Å²) in [7, 11) is 0. The fraction of sp³-hybridized carbons (Fsp3) is 0.379. The highest BCUT2D eigenvalue weighted by atomic mass is 35.5. The van der Waals surface area contributed by atoms with Crippen LogP contribution in [0.15, 0.2) is 66.7 Å². The van der Waals surface area contributed by atoms with Crippen molar-refractivity contribution in [3.8, 4) is 16.9 Å². The van der Waals surface area contributed by atoms with Crippen molar-refractivity contribution in [2.24, 2.45) is 17.8 Å². The molecule has 3 aromatic rings. The van der Waals surface area contributed by atoms with Gasteiger partial charge in [0.1, 0.15) is 12.4 Å². The molecule has 2 nitrogen and oxygen atoms in total. The molecule has 0 unspecified atom stereocenters. The van der Waals surface area contributed by atoms with Gasteiger partial charge in [0, 0.05) is 16.8 Å². The van der Waals surface area contributed by atoms with Crippen molar-refractivity contribution in [3.63, 3.8) is 0 Å². The first-order chi connectivity index (χ1) is 15.6. The molecule has 0 heterocycles. The van der Waals surface area contributed by atoms with Crippen LogP contribution in [0.3, 0.4) is 0 Å². The Morgan fingerprint density at radius 3 is 2.19 bits per heavy atom. The molecule has 3 aromatic carbocycles. The highest BCUT2D eigenvalue weighted by molar-refractivity contribution is 6.33. The second-order valence-corrected chi connectivity index (χ2v) is 10.8. The molecule has 32 heavy (non-hydrogen) atoms. The summed E-state index contributed by atoms with van der Waals surface area (Å²) >= 11 is 6.61. The molecule has 0 saturated heterocycles. The highest BCUT2D eigenvalue weighted by Crippen LogP contribution is 2.62. The van der Waals surface area contributed by atoms with E-state index >= 15 is 0 Å². The van der Waals surface area contributed by atoms with Crippen LogP contribution < -0.4 is 10.5 Å². The second-order valence-electron chi connectivity index (χ2n) is 10.4. The summed E-state index contributed by atoms with van der Waals surface area (Å²) in [6.07, 6.45) is 8.22. The number of hydrogen-bond acceptors (Lipinski definition) is 2. The Morgan fingerprint density at radius 2 is 1.53 bits per heavy atom. The number of nitrogens with two attached hydrogens (primary N) is 1. The quantitative estimate of drug-likeness (QED) is 0.411. The Bertz CT molecular complexity index is 1100. The average molecular weight is 444 g/mol. The SMILES string of the molecule is Nc1ccc(-c2ccc(OCc3ccccc3)c(C34CC5CC(CC(C5)C3)C4)c2)c(Cl)c1. The Kier molecular flexibility index (Phi) is 4.95. The first kappa shape index (κ1) is 20.2. The van der Waals surface area contributed by atoms with Crippen LogP contribution in [-0.2, 0) is 12.0 Å². The fourth-order valence-corrected chi connectivity index (χ4v) is 7.48. The van der Waals surface area contributed by atoms with Crippen molar-refractivity contribution >= 4 is 17.3 Å². The molecule has 3 heteroatoms. The lowest BCUT2D eigenvalue weighted by molar-refractivity contribution is -0.00645. The lowest BCUT2D eigenvalue weighted by atomic mass is 9.48. The molecule has 0 aromatic heterocycles. The number of benzene rings is 3. The van der Waals surface area contributed by atoms with Crippen molar-refractivity contribution in [3.05, 3.63) is 82.9 Å². The van der Waals surface area contributed by atoms with Gasteiger partial charge in [-0.3, -0.25) is 0 Å². The second kappa shape index (κ2) is 7.85. The van der Waals surface area contributed by atoms with Gasteiger partial charge < -0.3 is 10.5 Å². The van der Waals surface area contributed by atoms with Gasteiger partial charge in [0.05, 0.1) is 5.02 Å². The molecular formula is C29H30ClNO. The maximum atomic E-state index is 6.61. The summed E-state index contributed by atoms with van der Waals surface area (Å²) in [5.74, 6) is 3.69. The number of halogens is 1. The minimum absolute atomic E-state index is 0.247. The zero-order chi connectivity index (χ0) is 21.7. The van der Waals surface area contributed by atoms with Crippen LogP contribution in [-0.4, -0.2) is 0 Å². The molecule has 4 fully saturated rings. The molecule has 164 valence electrons. The van der Waals surface area contributed by atoms with E-state index in [0.29, 0.717) is 17.3 Å². The van der Waals surface area contributed by atoms with Crippen LogP contribution in [0.25, 0.3) is 11.1 Å². The zero-order valence-electron chi connectivity index (χ0n) is 18.4. The van der Waals surface area contributed by atoms with E-state index in [1.165, 1.54) is 49.7 Å². The predicted molar refractivity (Wildman–Crippen MR) is 132 cm³/mol. The molecular weight excluding hydrogens is 414 g/mol. The molecule has 0 amide bonds. The topological polar surface area (TPSA) is 35.2 Å². The molecule has 2 N–H and O–H groups in total. The third kappa shape index (κ3) is 3.59. The monoisotopic (exact) mass is 443 g/mol. The number of nitrogen functional groups attached to an aromatic ring is 1. The number of hydrogen-bond donors (Lipinski definition) is 1. The van der Waals surface area contributed by atoms with E-state index in [1.807, 2.05) is 18.2 Å². The van der Waals surface area contributed by atoms with Gasteiger partial charge in [-0.1, -0.05) is 54.1 Å². The van der Waals surface area contributed by atoms with Crippen LogP contribution in [0.2, 0.25) is 5.02 Å². The van der Waals surface area contributed by atoms with Gasteiger partial charge in [-0.05, 0) is 97.1 Å².